The minimum Gasteiger partial charge on any atom is -0.497 e. The standard InChI is InChI=1S/C14H14N4O2S/c1-20-12-6-2-5-11(8-12)16-14(21)18-17-13(19)10-4-3-7-15-9-10/h2-9H,1H3,(H,17,19)(H2,16,18,21). The van der Waals surface area contributed by atoms with E-state index in [1.807, 2.05) is 18.2 Å². The molecule has 21 heavy (non-hydrogen) atoms. The quantitative estimate of drug-likeness (QED) is 0.592. The number of thiocarbonyl (C=S) groups is 1. The third-order valence-corrected chi connectivity index (χ3v) is 2.75. The van der Waals surface area contributed by atoms with Crippen LogP contribution in [0.5, 0.6) is 5.75 Å². The van der Waals surface area contributed by atoms with Crippen molar-refractivity contribution in [3.8, 4) is 5.75 Å². The highest BCUT2D eigenvalue weighted by Gasteiger charge is 2.05. The summed E-state index contributed by atoms with van der Waals surface area (Å²) < 4.78 is 5.11. The van der Waals surface area contributed by atoms with E-state index in [2.05, 4.69) is 21.2 Å². The van der Waals surface area contributed by atoms with Crippen molar-refractivity contribution in [1.82, 2.24) is 15.8 Å². The van der Waals surface area contributed by atoms with Gasteiger partial charge in [0.1, 0.15) is 5.75 Å². The van der Waals surface area contributed by atoms with E-state index in [1.54, 1.807) is 31.5 Å². The SMILES string of the molecule is COc1cccc(NC(=S)NNC(=O)c2cccnc2)c1. The number of hydrogen-bond donors (Lipinski definition) is 3. The van der Waals surface area contributed by atoms with E-state index in [0.717, 1.165) is 5.69 Å². The van der Waals surface area contributed by atoms with Crippen LogP contribution in [0.2, 0.25) is 0 Å². The average Bonchev–Trinajstić information content (AvgIpc) is 2.53. The van der Waals surface area contributed by atoms with E-state index in [0.29, 0.717) is 11.3 Å². The highest BCUT2D eigenvalue weighted by molar-refractivity contribution is 7.80. The Morgan fingerprint density at radius 3 is 2.81 bits per heavy atom. The number of hydrazine groups is 1. The van der Waals surface area contributed by atoms with E-state index >= 15 is 0 Å². The number of amides is 1. The number of carbonyl (C=O) groups is 1. The number of methoxy groups -OCH3 is 1. The molecule has 1 amide bonds. The maximum atomic E-state index is 11.8. The number of ether oxygens (including phenoxy) is 1. The molecule has 0 bridgehead atoms. The van der Waals surface area contributed by atoms with E-state index < -0.39 is 0 Å². The maximum Gasteiger partial charge on any atom is 0.271 e. The lowest BCUT2D eigenvalue weighted by Crippen LogP contribution is -2.43. The van der Waals surface area contributed by atoms with Crippen molar-refractivity contribution in [2.45, 2.75) is 0 Å². The molecule has 0 aliphatic heterocycles. The lowest BCUT2D eigenvalue weighted by atomic mass is 10.3. The summed E-state index contributed by atoms with van der Waals surface area (Å²) >= 11 is 5.09. The van der Waals surface area contributed by atoms with Gasteiger partial charge in [0.25, 0.3) is 5.91 Å². The highest BCUT2D eigenvalue weighted by atomic mass is 32.1. The first-order valence-corrected chi connectivity index (χ1v) is 6.51. The lowest BCUT2D eigenvalue weighted by Gasteiger charge is -2.12. The van der Waals surface area contributed by atoms with Gasteiger partial charge in [-0.25, -0.2) is 0 Å². The molecule has 2 rings (SSSR count). The molecule has 0 fully saturated rings. The molecule has 0 saturated heterocycles. The van der Waals surface area contributed by atoms with E-state index in [1.165, 1.54) is 6.20 Å². The molecule has 7 heteroatoms. The molecule has 0 unspecified atom stereocenters. The molecule has 0 radical (unpaired) electrons. The molecular formula is C14H14N4O2S. The summed E-state index contributed by atoms with van der Waals surface area (Å²) in [4.78, 5) is 15.6. The first kappa shape index (κ1) is 14.7. The minimum atomic E-state index is -0.321. The second-order valence-electron chi connectivity index (χ2n) is 4.01. The van der Waals surface area contributed by atoms with Crippen molar-refractivity contribution in [2.75, 3.05) is 12.4 Å². The smallest absolute Gasteiger partial charge is 0.271 e. The number of hydrogen-bond acceptors (Lipinski definition) is 4. The Morgan fingerprint density at radius 2 is 2.10 bits per heavy atom. The van der Waals surface area contributed by atoms with Crippen LogP contribution in [0.4, 0.5) is 5.69 Å². The number of benzene rings is 1. The van der Waals surface area contributed by atoms with Crippen molar-refractivity contribution >= 4 is 28.9 Å². The van der Waals surface area contributed by atoms with Gasteiger partial charge in [0.15, 0.2) is 5.11 Å². The van der Waals surface area contributed by atoms with Gasteiger partial charge in [0.05, 0.1) is 12.7 Å². The van der Waals surface area contributed by atoms with Gasteiger partial charge in [-0.1, -0.05) is 6.07 Å². The summed E-state index contributed by atoms with van der Waals surface area (Å²) in [7, 11) is 1.59. The minimum absolute atomic E-state index is 0.264. The molecule has 1 aromatic heterocycles. The van der Waals surface area contributed by atoms with Crippen LogP contribution >= 0.6 is 12.2 Å². The molecule has 1 heterocycles. The largest absolute Gasteiger partial charge is 0.497 e. The fourth-order valence-electron chi connectivity index (χ4n) is 1.55. The number of nitrogens with zero attached hydrogens (tertiary/aromatic N) is 1. The fourth-order valence-corrected chi connectivity index (χ4v) is 1.71. The van der Waals surface area contributed by atoms with Gasteiger partial charge >= 0.3 is 0 Å². The number of nitrogens with one attached hydrogen (secondary N) is 3. The Labute approximate surface area is 127 Å². The van der Waals surface area contributed by atoms with Gasteiger partial charge in [-0.3, -0.25) is 20.6 Å². The zero-order valence-corrected chi connectivity index (χ0v) is 12.1. The molecule has 0 spiro atoms. The molecule has 6 nitrogen and oxygen atoms in total. The average molecular weight is 302 g/mol. The number of pyridine rings is 1. The van der Waals surface area contributed by atoms with Crippen LogP contribution in [0.3, 0.4) is 0 Å². The summed E-state index contributed by atoms with van der Waals surface area (Å²) in [5.41, 5.74) is 6.29. The van der Waals surface area contributed by atoms with Crippen LogP contribution in [0.25, 0.3) is 0 Å². The predicted octanol–water partition coefficient (Wildman–Crippen LogP) is 1.72. The van der Waals surface area contributed by atoms with E-state index in [4.69, 9.17) is 17.0 Å². The molecule has 0 atom stereocenters. The second-order valence-corrected chi connectivity index (χ2v) is 4.42. The molecule has 3 N–H and O–H groups in total. The summed E-state index contributed by atoms with van der Waals surface area (Å²) in [6, 6.07) is 10.6. The first-order valence-electron chi connectivity index (χ1n) is 6.10. The fraction of sp³-hybridized carbons (Fsp3) is 0.0714. The summed E-state index contributed by atoms with van der Waals surface area (Å²) in [6.07, 6.45) is 3.06. The van der Waals surface area contributed by atoms with Gasteiger partial charge < -0.3 is 10.1 Å². The summed E-state index contributed by atoms with van der Waals surface area (Å²) in [6.45, 7) is 0. The Morgan fingerprint density at radius 1 is 1.24 bits per heavy atom. The van der Waals surface area contributed by atoms with Crippen LogP contribution in [0.15, 0.2) is 48.8 Å². The molecule has 0 aliphatic carbocycles. The third-order valence-electron chi connectivity index (χ3n) is 2.54. The second kappa shape index (κ2) is 7.20. The van der Waals surface area contributed by atoms with Crippen LogP contribution in [-0.4, -0.2) is 23.1 Å². The van der Waals surface area contributed by atoms with Gasteiger partial charge in [-0.15, -0.1) is 0 Å². The van der Waals surface area contributed by atoms with Crippen LogP contribution in [0, 0.1) is 0 Å². The maximum absolute atomic E-state index is 11.8. The van der Waals surface area contributed by atoms with Crippen molar-refractivity contribution < 1.29 is 9.53 Å². The number of rotatable bonds is 3. The number of anilines is 1. The number of aromatic nitrogens is 1. The van der Waals surface area contributed by atoms with Gasteiger partial charge in [-0.2, -0.15) is 0 Å². The van der Waals surface area contributed by atoms with Gasteiger partial charge in [0.2, 0.25) is 0 Å². The Bertz CT molecular complexity index is 634. The number of carbonyl (C=O) groups excluding carboxylic acids is 1. The predicted molar refractivity (Wildman–Crippen MR) is 84.1 cm³/mol. The molecule has 1 aromatic carbocycles. The molecular weight excluding hydrogens is 288 g/mol. The van der Waals surface area contributed by atoms with Crippen molar-refractivity contribution in [3.05, 3.63) is 54.4 Å². The zero-order valence-electron chi connectivity index (χ0n) is 11.3. The molecule has 0 saturated carbocycles. The third kappa shape index (κ3) is 4.43. The Balaban J connectivity index is 1.86. The van der Waals surface area contributed by atoms with Crippen molar-refractivity contribution in [2.24, 2.45) is 0 Å². The monoisotopic (exact) mass is 302 g/mol. The molecule has 2 aromatic rings. The highest BCUT2D eigenvalue weighted by Crippen LogP contribution is 2.16. The summed E-state index contributed by atoms with van der Waals surface area (Å²) in [5.74, 6) is 0.389. The van der Waals surface area contributed by atoms with Crippen LogP contribution in [0.1, 0.15) is 10.4 Å². The van der Waals surface area contributed by atoms with Crippen LogP contribution < -0.4 is 20.9 Å². The van der Waals surface area contributed by atoms with E-state index in [9.17, 15) is 4.79 Å². The summed E-state index contributed by atoms with van der Waals surface area (Å²) in [5, 5.41) is 3.20. The van der Waals surface area contributed by atoms with Gasteiger partial charge in [0, 0.05) is 24.1 Å². The zero-order chi connectivity index (χ0) is 15.1. The normalized spacial score (nSPS) is 9.57. The Kier molecular flexibility index (Phi) is 5.05. The lowest BCUT2D eigenvalue weighted by molar-refractivity contribution is 0.0944. The Hall–Kier alpha value is -2.67. The van der Waals surface area contributed by atoms with Crippen molar-refractivity contribution in [1.29, 1.82) is 0 Å². The van der Waals surface area contributed by atoms with Crippen molar-refractivity contribution in [3.63, 3.8) is 0 Å². The first-order chi connectivity index (χ1) is 10.2. The van der Waals surface area contributed by atoms with E-state index in [-0.39, 0.29) is 11.0 Å². The van der Waals surface area contributed by atoms with Gasteiger partial charge in [-0.05, 0) is 36.5 Å². The van der Waals surface area contributed by atoms with Crippen LogP contribution in [-0.2, 0) is 0 Å². The topological polar surface area (TPSA) is 75.3 Å². The molecule has 108 valence electrons. The molecule has 0 aliphatic rings.